The van der Waals surface area contributed by atoms with Crippen LogP contribution < -0.4 is 5.32 Å². The minimum Gasteiger partial charge on any atom is -0.389 e. The highest BCUT2D eigenvalue weighted by molar-refractivity contribution is 5.91. The third-order valence-electron chi connectivity index (χ3n) is 4.54. The highest BCUT2D eigenvalue weighted by Crippen LogP contribution is 2.27. The van der Waals surface area contributed by atoms with Crippen LogP contribution in [0, 0.1) is 11.8 Å². The average Bonchev–Trinajstić information content (AvgIpc) is 3.09. The Morgan fingerprint density at radius 3 is 2.45 bits per heavy atom. The lowest BCUT2D eigenvalue weighted by Gasteiger charge is -2.21. The third kappa shape index (κ3) is 3.66. The molecule has 0 aromatic rings. The quantitative estimate of drug-likeness (QED) is 0.760. The van der Waals surface area contributed by atoms with Gasteiger partial charge in [-0.2, -0.15) is 0 Å². The van der Waals surface area contributed by atoms with E-state index in [-0.39, 0.29) is 23.5 Å². The van der Waals surface area contributed by atoms with Crippen molar-refractivity contribution in [3.63, 3.8) is 0 Å². The van der Waals surface area contributed by atoms with Gasteiger partial charge in [0.2, 0.25) is 5.91 Å². The van der Waals surface area contributed by atoms with Crippen LogP contribution in [-0.4, -0.2) is 35.2 Å². The van der Waals surface area contributed by atoms with Crippen molar-refractivity contribution in [2.45, 2.75) is 57.4 Å². The number of ketones is 2. The zero-order chi connectivity index (χ0) is 14.5. The maximum Gasteiger partial charge on any atom is 0.223 e. The van der Waals surface area contributed by atoms with Crippen molar-refractivity contribution in [3.8, 4) is 0 Å². The summed E-state index contributed by atoms with van der Waals surface area (Å²) in [5.74, 6) is -0.464. The summed E-state index contributed by atoms with van der Waals surface area (Å²) in [6.07, 6.45) is 6.41. The van der Waals surface area contributed by atoms with E-state index in [0.717, 1.165) is 38.5 Å². The maximum atomic E-state index is 12.1. The summed E-state index contributed by atoms with van der Waals surface area (Å²) >= 11 is 0. The van der Waals surface area contributed by atoms with Crippen LogP contribution in [0.1, 0.15) is 51.4 Å². The molecule has 0 spiro atoms. The van der Waals surface area contributed by atoms with E-state index in [2.05, 4.69) is 5.32 Å². The number of hydrogen-bond acceptors (Lipinski definition) is 4. The second-order valence-electron chi connectivity index (χ2n) is 5.96. The van der Waals surface area contributed by atoms with E-state index in [1.54, 1.807) is 0 Å². The van der Waals surface area contributed by atoms with Crippen LogP contribution in [0.3, 0.4) is 0 Å². The molecule has 20 heavy (non-hydrogen) atoms. The molecule has 2 aliphatic rings. The van der Waals surface area contributed by atoms with Crippen molar-refractivity contribution in [2.24, 2.45) is 11.8 Å². The summed E-state index contributed by atoms with van der Waals surface area (Å²) in [5.41, 5.74) is 0. The molecule has 2 N–H and O–H groups in total. The van der Waals surface area contributed by atoms with Crippen LogP contribution in [0.2, 0.25) is 0 Å². The highest BCUT2D eigenvalue weighted by Gasteiger charge is 2.32. The van der Waals surface area contributed by atoms with Gasteiger partial charge in [-0.1, -0.05) is 12.8 Å². The summed E-state index contributed by atoms with van der Waals surface area (Å²) in [6.45, 7) is -0.587. The predicted octanol–water partition coefficient (Wildman–Crippen LogP) is 0.982. The number of amides is 1. The van der Waals surface area contributed by atoms with Crippen LogP contribution >= 0.6 is 0 Å². The molecule has 2 rings (SSSR count). The average molecular weight is 281 g/mol. The molecule has 0 heterocycles. The Morgan fingerprint density at radius 1 is 1.20 bits per heavy atom. The molecule has 112 valence electrons. The number of aliphatic hydroxyl groups excluding tert-OH is 1. The molecule has 5 heteroatoms. The van der Waals surface area contributed by atoms with Gasteiger partial charge in [0.15, 0.2) is 5.78 Å². The lowest BCUT2D eigenvalue weighted by atomic mass is 9.94. The molecule has 5 nitrogen and oxygen atoms in total. The number of carbonyl (C=O) groups is 3. The first-order valence-corrected chi connectivity index (χ1v) is 7.58. The Morgan fingerprint density at radius 2 is 1.90 bits per heavy atom. The smallest absolute Gasteiger partial charge is 0.223 e. The SMILES string of the molecule is O=C(N[C@@H](C[C@@H]1CCCC1=O)C(=O)CO)C1CCCC1. The Hall–Kier alpha value is -1.23. The van der Waals surface area contributed by atoms with Gasteiger partial charge < -0.3 is 10.4 Å². The number of nitrogens with one attached hydrogen (secondary N) is 1. The molecule has 2 saturated carbocycles. The second kappa shape index (κ2) is 6.97. The molecule has 0 saturated heterocycles. The fourth-order valence-corrected chi connectivity index (χ4v) is 3.28. The standard InChI is InChI=1S/C15H23NO4/c17-9-14(19)12(8-11-6-3-7-13(11)18)16-15(20)10-4-1-2-5-10/h10-12,17H,1-9H2,(H,16,20)/t11-,12-/m0/s1. The Kier molecular flexibility index (Phi) is 5.29. The Labute approximate surface area is 119 Å². The summed E-state index contributed by atoms with van der Waals surface area (Å²) in [7, 11) is 0. The molecule has 2 aliphatic carbocycles. The second-order valence-corrected chi connectivity index (χ2v) is 5.96. The van der Waals surface area contributed by atoms with Crippen molar-refractivity contribution < 1.29 is 19.5 Å². The first-order chi connectivity index (χ1) is 9.61. The molecule has 0 aromatic heterocycles. The molecule has 0 aromatic carbocycles. The molecule has 2 fully saturated rings. The first-order valence-electron chi connectivity index (χ1n) is 7.58. The molecule has 0 radical (unpaired) electrons. The van der Waals surface area contributed by atoms with E-state index in [0.29, 0.717) is 12.8 Å². The zero-order valence-electron chi connectivity index (χ0n) is 11.8. The van der Waals surface area contributed by atoms with Crippen molar-refractivity contribution in [1.82, 2.24) is 5.32 Å². The molecular weight excluding hydrogens is 258 g/mol. The van der Waals surface area contributed by atoms with E-state index in [1.165, 1.54) is 0 Å². The fraction of sp³-hybridized carbons (Fsp3) is 0.800. The van der Waals surface area contributed by atoms with Crippen molar-refractivity contribution >= 4 is 17.5 Å². The Balaban J connectivity index is 1.94. The van der Waals surface area contributed by atoms with Gasteiger partial charge in [-0.05, 0) is 32.1 Å². The van der Waals surface area contributed by atoms with E-state index in [1.807, 2.05) is 0 Å². The lowest BCUT2D eigenvalue weighted by molar-refractivity contribution is -0.132. The number of hydrogen-bond donors (Lipinski definition) is 2. The topological polar surface area (TPSA) is 83.5 Å². The van der Waals surface area contributed by atoms with Gasteiger partial charge in [0, 0.05) is 18.3 Å². The molecule has 0 aliphatic heterocycles. The van der Waals surface area contributed by atoms with Crippen LogP contribution in [0.25, 0.3) is 0 Å². The van der Waals surface area contributed by atoms with Crippen LogP contribution in [0.4, 0.5) is 0 Å². The van der Waals surface area contributed by atoms with Crippen LogP contribution in [-0.2, 0) is 14.4 Å². The predicted molar refractivity (Wildman–Crippen MR) is 72.9 cm³/mol. The van der Waals surface area contributed by atoms with E-state index < -0.39 is 18.4 Å². The summed E-state index contributed by atoms with van der Waals surface area (Å²) in [5, 5.41) is 11.8. The monoisotopic (exact) mass is 281 g/mol. The first kappa shape index (κ1) is 15.2. The number of aliphatic hydroxyl groups is 1. The fourth-order valence-electron chi connectivity index (χ4n) is 3.28. The van der Waals surface area contributed by atoms with Gasteiger partial charge in [0.1, 0.15) is 12.4 Å². The molecule has 0 unspecified atom stereocenters. The van der Waals surface area contributed by atoms with Gasteiger partial charge in [-0.25, -0.2) is 0 Å². The summed E-state index contributed by atoms with van der Waals surface area (Å²) < 4.78 is 0. The highest BCUT2D eigenvalue weighted by atomic mass is 16.3. The van der Waals surface area contributed by atoms with Crippen molar-refractivity contribution in [3.05, 3.63) is 0 Å². The van der Waals surface area contributed by atoms with E-state index in [4.69, 9.17) is 5.11 Å². The third-order valence-corrected chi connectivity index (χ3v) is 4.54. The number of carbonyl (C=O) groups excluding carboxylic acids is 3. The molecule has 2 atom stereocenters. The minimum absolute atomic E-state index is 0.0109. The molecule has 1 amide bonds. The molecule has 0 bridgehead atoms. The van der Waals surface area contributed by atoms with Gasteiger partial charge in [-0.3, -0.25) is 14.4 Å². The number of Topliss-reactive ketones (excluding diaryl/α,β-unsaturated/α-hetero) is 2. The van der Waals surface area contributed by atoms with Gasteiger partial charge in [-0.15, -0.1) is 0 Å². The van der Waals surface area contributed by atoms with E-state index >= 15 is 0 Å². The van der Waals surface area contributed by atoms with Crippen LogP contribution in [0.5, 0.6) is 0 Å². The minimum atomic E-state index is -0.708. The number of rotatable bonds is 6. The lowest BCUT2D eigenvalue weighted by Crippen LogP contribution is -2.45. The summed E-state index contributed by atoms with van der Waals surface area (Å²) in [4.78, 5) is 35.6. The van der Waals surface area contributed by atoms with Gasteiger partial charge >= 0.3 is 0 Å². The Bertz CT molecular complexity index is 387. The zero-order valence-corrected chi connectivity index (χ0v) is 11.8. The molecular formula is C15H23NO4. The van der Waals surface area contributed by atoms with Crippen molar-refractivity contribution in [1.29, 1.82) is 0 Å². The van der Waals surface area contributed by atoms with Crippen LogP contribution in [0.15, 0.2) is 0 Å². The van der Waals surface area contributed by atoms with Gasteiger partial charge in [0.05, 0.1) is 6.04 Å². The van der Waals surface area contributed by atoms with Crippen molar-refractivity contribution in [2.75, 3.05) is 6.61 Å². The maximum absolute atomic E-state index is 12.1. The van der Waals surface area contributed by atoms with Gasteiger partial charge in [0.25, 0.3) is 0 Å². The van der Waals surface area contributed by atoms with E-state index in [9.17, 15) is 14.4 Å². The summed E-state index contributed by atoms with van der Waals surface area (Å²) in [6, 6.07) is -0.708. The normalized spacial score (nSPS) is 24.9. The largest absolute Gasteiger partial charge is 0.389 e.